The highest BCUT2D eigenvalue weighted by atomic mass is 19.2. The summed E-state index contributed by atoms with van der Waals surface area (Å²) in [6.45, 7) is 5.94. The fraction of sp³-hybridized carbons (Fsp3) is 0.250. The third-order valence-electron chi connectivity index (χ3n) is 2.63. The second kappa shape index (κ2) is 6.88. The Bertz CT molecular complexity index is 533. The molecule has 2 rings (SSSR count). The Balaban J connectivity index is 0.000000861. The van der Waals surface area contributed by atoms with Gasteiger partial charge in [-0.2, -0.15) is 4.39 Å². The van der Waals surface area contributed by atoms with Crippen LogP contribution in [0.4, 0.5) is 8.78 Å². The molecule has 1 nitrogen and oxygen atoms in total. The number of ether oxygens (including phenoxy) is 1. The lowest BCUT2D eigenvalue weighted by Crippen LogP contribution is -1.94. The van der Waals surface area contributed by atoms with E-state index in [2.05, 4.69) is 0 Å². The zero-order valence-electron chi connectivity index (χ0n) is 11.6. The van der Waals surface area contributed by atoms with Gasteiger partial charge in [-0.3, -0.25) is 0 Å². The van der Waals surface area contributed by atoms with Gasteiger partial charge in [0.05, 0.1) is 7.11 Å². The van der Waals surface area contributed by atoms with E-state index in [0.717, 1.165) is 5.56 Å². The number of methoxy groups -OCH3 is 1. The maximum absolute atomic E-state index is 13.8. The van der Waals surface area contributed by atoms with Crippen LogP contribution in [0.3, 0.4) is 0 Å². The molecule has 0 radical (unpaired) electrons. The second-order valence-electron chi connectivity index (χ2n) is 3.81. The monoisotopic (exact) mass is 264 g/mol. The molecule has 0 unspecified atom stereocenters. The predicted molar refractivity (Wildman–Crippen MR) is 74.4 cm³/mol. The number of halogens is 2. The largest absolute Gasteiger partial charge is 0.494 e. The van der Waals surface area contributed by atoms with E-state index in [9.17, 15) is 8.78 Å². The molecule has 0 aliphatic carbocycles. The third-order valence-corrected chi connectivity index (χ3v) is 2.63. The van der Waals surface area contributed by atoms with Crippen LogP contribution in [0.5, 0.6) is 5.75 Å². The van der Waals surface area contributed by atoms with Crippen LogP contribution < -0.4 is 4.74 Å². The summed E-state index contributed by atoms with van der Waals surface area (Å²) in [5.74, 6) is -1.92. The van der Waals surface area contributed by atoms with Gasteiger partial charge in [0.2, 0.25) is 5.82 Å². The van der Waals surface area contributed by atoms with Crippen molar-refractivity contribution in [2.75, 3.05) is 7.11 Å². The van der Waals surface area contributed by atoms with E-state index in [4.69, 9.17) is 4.74 Å². The standard InChI is InChI=1S/C14H12F2O.C2H6/c1-9-3-5-10(6-4-9)11-7-8-12(17-2)14(16)13(11)15;1-2/h3-8H,1-2H3;1-2H3. The fourth-order valence-electron chi connectivity index (χ4n) is 1.65. The smallest absolute Gasteiger partial charge is 0.201 e. The van der Waals surface area contributed by atoms with Crippen LogP contribution in [0.2, 0.25) is 0 Å². The quantitative estimate of drug-likeness (QED) is 0.743. The summed E-state index contributed by atoms with van der Waals surface area (Å²) >= 11 is 0. The van der Waals surface area contributed by atoms with Gasteiger partial charge in [0.1, 0.15) is 0 Å². The summed E-state index contributed by atoms with van der Waals surface area (Å²) < 4.78 is 32.0. The van der Waals surface area contributed by atoms with E-state index in [-0.39, 0.29) is 11.3 Å². The number of aryl methyl sites for hydroxylation is 1. The molecular formula is C16H18F2O. The van der Waals surface area contributed by atoms with Crippen molar-refractivity contribution < 1.29 is 13.5 Å². The summed E-state index contributed by atoms with van der Waals surface area (Å²) in [4.78, 5) is 0. The van der Waals surface area contributed by atoms with E-state index in [0.29, 0.717) is 5.56 Å². The van der Waals surface area contributed by atoms with Gasteiger partial charge >= 0.3 is 0 Å². The molecule has 0 heterocycles. The van der Waals surface area contributed by atoms with Gasteiger partial charge in [0.25, 0.3) is 0 Å². The molecule has 3 heteroatoms. The Morgan fingerprint density at radius 3 is 1.95 bits per heavy atom. The molecule has 0 aliphatic rings. The molecule has 19 heavy (non-hydrogen) atoms. The second-order valence-corrected chi connectivity index (χ2v) is 3.81. The molecule has 0 atom stereocenters. The first kappa shape index (κ1) is 15.2. The van der Waals surface area contributed by atoms with E-state index < -0.39 is 11.6 Å². The van der Waals surface area contributed by atoms with Gasteiger partial charge in [-0.25, -0.2) is 4.39 Å². The third kappa shape index (κ3) is 3.31. The summed E-state index contributed by atoms with van der Waals surface area (Å²) in [6.07, 6.45) is 0. The van der Waals surface area contributed by atoms with Crippen molar-refractivity contribution in [1.29, 1.82) is 0 Å². The van der Waals surface area contributed by atoms with E-state index >= 15 is 0 Å². The highest BCUT2D eigenvalue weighted by Crippen LogP contribution is 2.29. The van der Waals surface area contributed by atoms with Crippen LogP contribution in [0.25, 0.3) is 11.1 Å². The van der Waals surface area contributed by atoms with Crippen molar-refractivity contribution in [2.24, 2.45) is 0 Å². The van der Waals surface area contributed by atoms with Crippen molar-refractivity contribution >= 4 is 0 Å². The molecule has 2 aromatic rings. The van der Waals surface area contributed by atoms with E-state index in [1.54, 1.807) is 12.1 Å². The van der Waals surface area contributed by atoms with Crippen LogP contribution >= 0.6 is 0 Å². The SMILES string of the molecule is CC.COc1ccc(-c2ccc(C)cc2)c(F)c1F. The minimum atomic E-state index is -0.953. The Labute approximate surface area is 112 Å². The molecule has 2 aromatic carbocycles. The van der Waals surface area contributed by atoms with Crippen molar-refractivity contribution in [1.82, 2.24) is 0 Å². The van der Waals surface area contributed by atoms with Gasteiger partial charge < -0.3 is 4.74 Å². The molecule has 0 saturated heterocycles. The van der Waals surface area contributed by atoms with Crippen molar-refractivity contribution in [2.45, 2.75) is 20.8 Å². The van der Waals surface area contributed by atoms with Crippen molar-refractivity contribution in [3.05, 3.63) is 53.6 Å². The van der Waals surface area contributed by atoms with E-state index in [1.807, 2.05) is 32.9 Å². The lowest BCUT2D eigenvalue weighted by atomic mass is 10.0. The highest BCUT2D eigenvalue weighted by Gasteiger charge is 2.14. The molecule has 0 amide bonds. The number of rotatable bonds is 2. The lowest BCUT2D eigenvalue weighted by molar-refractivity contribution is 0.372. The fourth-order valence-corrected chi connectivity index (χ4v) is 1.65. The maximum Gasteiger partial charge on any atom is 0.201 e. The minimum absolute atomic E-state index is 0.0849. The number of hydrogen-bond acceptors (Lipinski definition) is 1. The van der Waals surface area contributed by atoms with E-state index in [1.165, 1.54) is 19.2 Å². The molecule has 0 spiro atoms. The minimum Gasteiger partial charge on any atom is -0.494 e. The van der Waals surface area contributed by atoms with Gasteiger partial charge in [0.15, 0.2) is 11.6 Å². The van der Waals surface area contributed by atoms with Crippen LogP contribution in [-0.4, -0.2) is 7.11 Å². The predicted octanol–water partition coefficient (Wildman–Crippen LogP) is 4.98. The molecule has 0 aliphatic heterocycles. The van der Waals surface area contributed by atoms with Crippen LogP contribution in [0.15, 0.2) is 36.4 Å². The lowest BCUT2D eigenvalue weighted by Gasteiger charge is -2.08. The molecule has 0 fully saturated rings. The van der Waals surface area contributed by atoms with Crippen LogP contribution in [-0.2, 0) is 0 Å². The Kier molecular flexibility index (Phi) is 5.49. The average Bonchev–Trinajstić information content (AvgIpc) is 2.45. The number of hydrogen-bond donors (Lipinski definition) is 0. The van der Waals surface area contributed by atoms with Gasteiger partial charge in [-0.1, -0.05) is 43.7 Å². The first-order valence-electron chi connectivity index (χ1n) is 6.22. The average molecular weight is 264 g/mol. The molecule has 0 aromatic heterocycles. The van der Waals surface area contributed by atoms with Crippen molar-refractivity contribution in [3.8, 4) is 16.9 Å². The first-order valence-corrected chi connectivity index (χ1v) is 6.22. The van der Waals surface area contributed by atoms with Crippen LogP contribution in [0.1, 0.15) is 19.4 Å². The van der Waals surface area contributed by atoms with Crippen molar-refractivity contribution in [3.63, 3.8) is 0 Å². The zero-order valence-corrected chi connectivity index (χ0v) is 11.6. The topological polar surface area (TPSA) is 9.23 Å². The molecular weight excluding hydrogens is 246 g/mol. The number of benzene rings is 2. The Morgan fingerprint density at radius 2 is 1.42 bits per heavy atom. The summed E-state index contributed by atoms with van der Waals surface area (Å²) in [5, 5.41) is 0. The Hall–Kier alpha value is -1.90. The maximum atomic E-state index is 13.8. The molecule has 102 valence electrons. The van der Waals surface area contributed by atoms with Gasteiger partial charge in [-0.05, 0) is 24.6 Å². The first-order chi connectivity index (χ1) is 9.13. The zero-order chi connectivity index (χ0) is 14.4. The Morgan fingerprint density at radius 1 is 0.842 bits per heavy atom. The molecule has 0 saturated carbocycles. The van der Waals surface area contributed by atoms with Gasteiger partial charge in [0, 0.05) is 5.56 Å². The molecule has 0 bridgehead atoms. The van der Waals surface area contributed by atoms with Crippen LogP contribution in [0, 0.1) is 18.6 Å². The summed E-state index contributed by atoms with van der Waals surface area (Å²) in [5.41, 5.74) is 1.96. The molecule has 0 N–H and O–H groups in total. The normalized spacial score (nSPS) is 9.58. The van der Waals surface area contributed by atoms with Gasteiger partial charge in [-0.15, -0.1) is 0 Å². The summed E-state index contributed by atoms with van der Waals surface area (Å²) in [7, 11) is 1.31. The highest BCUT2D eigenvalue weighted by molar-refractivity contribution is 5.65. The summed E-state index contributed by atoms with van der Waals surface area (Å²) in [6, 6.07) is 10.2.